The molecule has 1 N–H and O–H groups in total. The SMILES string of the molecule is CCCS(=O)(=O)Nc1cccc(C(=O)c2ccc3nccnc3c2)c1F. The molecular formula is C18H16FN3O3S. The third-order valence-electron chi connectivity index (χ3n) is 3.71. The van der Waals surface area contributed by atoms with Crippen LogP contribution in [0.3, 0.4) is 0 Å². The van der Waals surface area contributed by atoms with Gasteiger partial charge >= 0.3 is 0 Å². The van der Waals surface area contributed by atoms with Crippen molar-refractivity contribution in [2.75, 3.05) is 10.5 Å². The fraction of sp³-hybridized carbons (Fsp3) is 0.167. The number of hydrogen-bond acceptors (Lipinski definition) is 5. The summed E-state index contributed by atoms with van der Waals surface area (Å²) in [6.07, 6.45) is 3.43. The molecule has 6 nitrogen and oxygen atoms in total. The van der Waals surface area contributed by atoms with E-state index in [1.165, 1.54) is 42.7 Å². The summed E-state index contributed by atoms with van der Waals surface area (Å²) < 4.78 is 40.6. The Hall–Kier alpha value is -2.87. The number of carbonyl (C=O) groups excluding carboxylic acids is 1. The number of carbonyl (C=O) groups is 1. The second-order valence-electron chi connectivity index (χ2n) is 5.68. The number of benzene rings is 2. The van der Waals surface area contributed by atoms with E-state index in [9.17, 15) is 17.6 Å². The van der Waals surface area contributed by atoms with Crippen LogP contribution in [0.2, 0.25) is 0 Å². The zero-order valence-corrected chi connectivity index (χ0v) is 14.8. The van der Waals surface area contributed by atoms with Gasteiger partial charge in [0.15, 0.2) is 11.6 Å². The van der Waals surface area contributed by atoms with Crippen molar-refractivity contribution in [1.29, 1.82) is 0 Å². The first-order valence-electron chi connectivity index (χ1n) is 7.96. The van der Waals surface area contributed by atoms with Crippen LogP contribution in [-0.4, -0.2) is 29.9 Å². The normalized spacial score (nSPS) is 11.5. The molecule has 2 aromatic carbocycles. The van der Waals surface area contributed by atoms with E-state index in [-0.39, 0.29) is 22.6 Å². The molecule has 134 valence electrons. The Morgan fingerprint density at radius 3 is 2.58 bits per heavy atom. The van der Waals surface area contributed by atoms with Crippen molar-refractivity contribution in [2.45, 2.75) is 13.3 Å². The number of halogens is 1. The van der Waals surface area contributed by atoms with Crippen LogP contribution in [0.5, 0.6) is 0 Å². The Morgan fingerprint density at radius 2 is 1.85 bits per heavy atom. The molecule has 0 amide bonds. The van der Waals surface area contributed by atoms with Crippen LogP contribution in [0.1, 0.15) is 29.3 Å². The fourth-order valence-electron chi connectivity index (χ4n) is 2.53. The number of nitrogens with zero attached hydrogens (tertiary/aromatic N) is 2. The summed E-state index contributed by atoms with van der Waals surface area (Å²) in [5.74, 6) is -1.60. The van der Waals surface area contributed by atoms with Crippen molar-refractivity contribution < 1.29 is 17.6 Å². The first-order valence-corrected chi connectivity index (χ1v) is 9.61. The highest BCUT2D eigenvalue weighted by molar-refractivity contribution is 7.92. The van der Waals surface area contributed by atoms with Crippen molar-refractivity contribution in [3.05, 3.63) is 65.7 Å². The molecule has 3 aromatic rings. The lowest BCUT2D eigenvalue weighted by Crippen LogP contribution is -2.18. The summed E-state index contributed by atoms with van der Waals surface area (Å²) in [7, 11) is -3.66. The predicted molar refractivity (Wildman–Crippen MR) is 97.1 cm³/mol. The van der Waals surface area contributed by atoms with Crippen LogP contribution >= 0.6 is 0 Å². The van der Waals surface area contributed by atoms with E-state index in [1.54, 1.807) is 13.0 Å². The molecule has 0 aliphatic heterocycles. The Bertz CT molecular complexity index is 1080. The molecule has 0 radical (unpaired) electrons. The molecule has 0 aliphatic carbocycles. The van der Waals surface area contributed by atoms with E-state index < -0.39 is 21.6 Å². The third kappa shape index (κ3) is 3.70. The standard InChI is InChI=1S/C18H16FN3O3S/c1-2-10-26(24,25)22-15-5-3-4-13(17(15)19)18(23)12-6-7-14-16(11-12)21-9-8-20-14/h3-9,11,22H,2,10H2,1H3. The summed E-state index contributed by atoms with van der Waals surface area (Å²) >= 11 is 0. The first kappa shape index (κ1) is 17.9. The number of nitrogens with one attached hydrogen (secondary N) is 1. The largest absolute Gasteiger partial charge is 0.288 e. The molecule has 0 unspecified atom stereocenters. The molecule has 0 fully saturated rings. The van der Waals surface area contributed by atoms with Crippen LogP contribution in [0.25, 0.3) is 11.0 Å². The number of hydrogen-bond donors (Lipinski definition) is 1. The van der Waals surface area contributed by atoms with E-state index in [2.05, 4.69) is 14.7 Å². The number of ketones is 1. The van der Waals surface area contributed by atoms with Gasteiger partial charge in [-0.2, -0.15) is 0 Å². The molecule has 0 bridgehead atoms. The van der Waals surface area contributed by atoms with E-state index in [0.717, 1.165) is 0 Å². The highest BCUT2D eigenvalue weighted by Gasteiger charge is 2.19. The molecule has 3 rings (SSSR count). The van der Waals surface area contributed by atoms with Gasteiger partial charge in [-0.05, 0) is 36.8 Å². The maximum absolute atomic E-state index is 14.7. The van der Waals surface area contributed by atoms with Crippen LogP contribution in [0.15, 0.2) is 48.8 Å². The van der Waals surface area contributed by atoms with Gasteiger partial charge in [0, 0.05) is 18.0 Å². The highest BCUT2D eigenvalue weighted by Crippen LogP contribution is 2.23. The number of rotatable bonds is 6. The van der Waals surface area contributed by atoms with E-state index >= 15 is 0 Å². The van der Waals surface area contributed by atoms with Gasteiger partial charge in [-0.15, -0.1) is 0 Å². The predicted octanol–water partition coefficient (Wildman–Crippen LogP) is 3.15. The zero-order chi connectivity index (χ0) is 18.7. The van der Waals surface area contributed by atoms with Crippen LogP contribution in [0.4, 0.5) is 10.1 Å². The second kappa shape index (κ2) is 7.17. The van der Waals surface area contributed by atoms with Gasteiger partial charge in [0.05, 0.1) is 28.0 Å². The van der Waals surface area contributed by atoms with Crippen LogP contribution in [0, 0.1) is 5.82 Å². The van der Waals surface area contributed by atoms with Gasteiger partial charge < -0.3 is 0 Å². The Kier molecular flexibility index (Phi) is 4.94. The average molecular weight is 373 g/mol. The van der Waals surface area contributed by atoms with Gasteiger partial charge in [-0.25, -0.2) is 12.8 Å². The highest BCUT2D eigenvalue weighted by atomic mass is 32.2. The van der Waals surface area contributed by atoms with Crippen molar-refractivity contribution in [3.63, 3.8) is 0 Å². The topological polar surface area (TPSA) is 89.0 Å². The molecule has 0 spiro atoms. The minimum absolute atomic E-state index is 0.131. The molecule has 0 aliphatic rings. The van der Waals surface area contributed by atoms with Gasteiger partial charge in [-0.3, -0.25) is 19.5 Å². The molecule has 0 saturated carbocycles. The average Bonchev–Trinajstić information content (AvgIpc) is 2.62. The second-order valence-corrected chi connectivity index (χ2v) is 7.52. The molecule has 0 atom stereocenters. The van der Waals surface area contributed by atoms with E-state index in [0.29, 0.717) is 17.5 Å². The summed E-state index contributed by atoms with van der Waals surface area (Å²) in [6, 6.07) is 8.72. The monoisotopic (exact) mass is 373 g/mol. The van der Waals surface area contributed by atoms with Crippen molar-refractivity contribution in [1.82, 2.24) is 9.97 Å². The van der Waals surface area contributed by atoms with Gasteiger partial charge in [0.1, 0.15) is 0 Å². The number of anilines is 1. The van der Waals surface area contributed by atoms with Crippen molar-refractivity contribution in [3.8, 4) is 0 Å². The minimum Gasteiger partial charge on any atom is -0.288 e. The van der Waals surface area contributed by atoms with Crippen LogP contribution < -0.4 is 4.72 Å². The lowest BCUT2D eigenvalue weighted by atomic mass is 10.0. The van der Waals surface area contributed by atoms with Crippen molar-refractivity contribution >= 4 is 32.5 Å². The van der Waals surface area contributed by atoms with Gasteiger partial charge in [-0.1, -0.05) is 13.0 Å². The number of aromatic nitrogens is 2. The molecular weight excluding hydrogens is 357 g/mol. The lowest BCUT2D eigenvalue weighted by molar-refractivity contribution is 0.103. The zero-order valence-electron chi connectivity index (χ0n) is 13.9. The number of fused-ring (bicyclic) bond motifs is 1. The van der Waals surface area contributed by atoms with Gasteiger partial charge in [0.2, 0.25) is 10.0 Å². The Morgan fingerprint density at radius 1 is 1.12 bits per heavy atom. The maximum atomic E-state index is 14.7. The molecule has 0 saturated heterocycles. The Labute approximate surface area is 150 Å². The maximum Gasteiger partial charge on any atom is 0.232 e. The minimum atomic E-state index is -3.66. The fourth-order valence-corrected chi connectivity index (χ4v) is 3.67. The molecule has 8 heteroatoms. The molecule has 26 heavy (non-hydrogen) atoms. The van der Waals surface area contributed by atoms with E-state index in [4.69, 9.17) is 0 Å². The van der Waals surface area contributed by atoms with Crippen molar-refractivity contribution in [2.24, 2.45) is 0 Å². The van der Waals surface area contributed by atoms with E-state index in [1.807, 2.05) is 0 Å². The van der Waals surface area contributed by atoms with Gasteiger partial charge in [0.25, 0.3) is 0 Å². The third-order valence-corrected chi connectivity index (χ3v) is 5.19. The first-order chi connectivity index (χ1) is 12.4. The Balaban J connectivity index is 1.97. The summed E-state index contributed by atoms with van der Waals surface area (Å²) in [4.78, 5) is 20.9. The lowest BCUT2D eigenvalue weighted by Gasteiger charge is -2.11. The summed E-state index contributed by atoms with van der Waals surface area (Å²) in [6.45, 7) is 1.71. The summed E-state index contributed by atoms with van der Waals surface area (Å²) in [5, 5.41) is 0. The van der Waals surface area contributed by atoms with Crippen LogP contribution in [-0.2, 0) is 10.0 Å². The smallest absolute Gasteiger partial charge is 0.232 e. The number of sulfonamides is 1. The quantitative estimate of drug-likeness (QED) is 0.671. The molecule has 1 aromatic heterocycles. The summed E-state index contributed by atoms with van der Waals surface area (Å²) in [5.41, 5.74) is 0.907. The molecule has 1 heterocycles.